The molecule has 1 aromatic carbocycles. The summed E-state index contributed by atoms with van der Waals surface area (Å²) < 4.78 is 13.4. The third kappa shape index (κ3) is 4.61. The fourth-order valence-corrected chi connectivity index (χ4v) is 2.77. The lowest BCUT2D eigenvalue weighted by molar-refractivity contribution is 0.332. The summed E-state index contributed by atoms with van der Waals surface area (Å²) in [6.45, 7) is 6.26. The van der Waals surface area contributed by atoms with E-state index in [0.29, 0.717) is 17.6 Å². The molecule has 2 unspecified atom stereocenters. The van der Waals surface area contributed by atoms with Crippen molar-refractivity contribution in [3.05, 3.63) is 24.0 Å². The highest BCUT2D eigenvalue weighted by molar-refractivity contribution is 5.95. The highest BCUT2D eigenvalue weighted by atomic mass is 19.1. The maximum Gasteiger partial charge on any atom is 0.196 e. The van der Waals surface area contributed by atoms with Gasteiger partial charge in [0.15, 0.2) is 5.96 Å². The second-order valence-electron chi connectivity index (χ2n) is 6.39. The second-order valence-corrected chi connectivity index (χ2v) is 6.39. The van der Waals surface area contributed by atoms with Crippen LogP contribution in [0.1, 0.15) is 46.5 Å². The van der Waals surface area contributed by atoms with Crippen LogP contribution in [0.3, 0.4) is 0 Å². The molecule has 0 amide bonds. The van der Waals surface area contributed by atoms with E-state index in [4.69, 9.17) is 4.99 Å². The first kappa shape index (κ1) is 16.6. The third-order valence-corrected chi connectivity index (χ3v) is 4.00. The molecule has 22 heavy (non-hydrogen) atoms. The van der Waals surface area contributed by atoms with Crippen LogP contribution in [-0.2, 0) is 0 Å². The van der Waals surface area contributed by atoms with Crippen LogP contribution in [0.5, 0.6) is 5.75 Å². The van der Waals surface area contributed by atoms with Crippen molar-refractivity contribution in [2.75, 3.05) is 5.32 Å². The summed E-state index contributed by atoms with van der Waals surface area (Å²) in [6, 6.07) is 4.31. The SMILES string of the molecule is CC(C)NC(=NC1CCCCC1C)Nc1cc(F)ccc1O. The Balaban J connectivity index is 2.19. The number of nitrogens with one attached hydrogen (secondary N) is 2. The molecule has 2 atom stereocenters. The van der Waals surface area contributed by atoms with E-state index < -0.39 is 5.82 Å². The van der Waals surface area contributed by atoms with Gasteiger partial charge in [-0.15, -0.1) is 0 Å². The summed E-state index contributed by atoms with van der Waals surface area (Å²) >= 11 is 0. The smallest absolute Gasteiger partial charge is 0.196 e. The van der Waals surface area contributed by atoms with Gasteiger partial charge in [0.1, 0.15) is 11.6 Å². The van der Waals surface area contributed by atoms with Gasteiger partial charge in [0.2, 0.25) is 0 Å². The van der Waals surface area contributed by atoms with E-state index in [1.54, 1.807) is 0 Å². The number of anilines is 1. The highest BCUT2D eigenvalue weighted by Gasteiger charge is 2.21. The van der Waals surface area contributed by atoms with Crippen molar-refractivity contribution in [1.82, 2.24) is 5.32 Å². The summed E-state index contributed by atoms with van der Waals surface area (Å²) in [7, 11) is 0. The molecule has 1 fully saturated rings. The molecular formula is C17H26FN3O. The number of hydrogen-bond donors (Lipinski definition) is 3. The largest absolute Gasteiger partial charge is 0.506 e. The number of aliphatic imine (C=N–C) groups is 1. The Labute approximate surface area is 131 Å². The Bertz CT molecular complexity index is 531. The molecule has 122 valence electrons. The van der Waals surface area contributed by atoms with Crippen molar-refractivity contribution < 1.29 is 9.50 Å². The summed E-state index contributed by atoms with van der Waals surface area (Å²) in [5.74, 6) is 0.752. The summed E-state index contributed by atoms with van der Waals surface area (Å²) in [5.41, 5.74) is 0.329. The molecule has 0 saturated heterocycles. The number of guanidine groups is 1. The molecule has 3 N–H and O–H groups in total. The number of hydrogen-bond acceptors (Lipinski definition) is 2. The fourth-order valence-electron chi connectivity index (χ4n) is 2.77. The van der Waals surface area contributed by atoms with Crippen LogP contribution in [0.15, 0.2) is 23.2 Å². The molecule has 5 heteroatoms. The van der Waals surface area contributed by atoms with Gasteiger partial charge >= 0.3 is 0 Å². The second kappa shape index (κ2) is 7.47. The first-order valence-electron chi connectivity index (χ1n) is 8.05. The first-order chi connectivity index (χ1) is 10.5. The molecule has 4 nitrogen and oxygen atoms in total. The van der Waals surface area contributed by atoms with Gasteiger partial charge in [0, 0.05) is 12.1 Å². The lowest BCUT2D eigenvalue weighted by atomic mass is 9.86. The minimum absolute atomic E-state index is 0.0105. The average molecular weight is 307 g/mol. The van der Waals surface area contributed by atoms with Gasteiger partial charge in [-0.1, -0.05) is 19.8 Å². The van der Waals surface area contributed by atoms with Gasteiger partial charge in [-0.05, 0) is 44.7 Å². The van der Waals surface area contributed by atoms with E-state index in [1.165, 1.54) is 37.5 Å². The van der Waals surface area contributed by atoms with Crippen LogP contribution >= 0.6 is 0 Å². The number of phenols is 1. The average Bonchev–Trinajstić information content (AvgIpc) is 2.44. The monoisotopic (exact) mass is 307 g/mol. The maximum atomic E-state index is 13.4. The van der Waals surface area contributed by atoms with Crippen LogP contribution < -0.4 is 10.6 Å². The van der Waals surface area contributed by atoms with Gasteiger partial charge in [0.25, 0.3) is 0 Å². The quantitative estimate of drug-likeness (QED) is 0.451. The van der Waals surface area contributed by atoms with Crippen LogP contribution in [0.25, 0.3) is 0 Å². The summed E-state index contributed by atoms with van der Waals surface area (Å²) in [5, 5.41) is 16.1. The van der Waals surface area contributed by atoms with Crippen LogP contribution in [0.2, 0.25) is 0 Å². The highest BCUT2D eigenvalue weighted by Crippen LogP contribution is 2.27. The predicted octanol–water partition coefficient (Wildman–Crippen LogP) is 3.88. The van der Waals surface area contributed by atoms with Crippen molar-refractivity contribution in [3.63, 3.8) is 0 Å². The van der Waals surface area contributed by atoms with Gasteiger partial charge in [-0.2, -0.15) is 0 Å². The molecule has 0 spiro atoms. The molecule has 1 aliphatic carbocycles. The van der Waals surface area contributed by atoms with Gasteiger partial charge in [-0.3, -0.25) is 0 Å². The van der Waals surface area contributed by atoms with Crippen molar-refractivity contribution >= 4 is 11.6 Å². The number of nitrogens with zero attached hydrogens (tertiary/aromatic N) is 1. The van der Waals surface area contributed by atoms with Gasteiger partial charge in [-0.25, -0.2) is 9.38 Å². The topological polar surface area (TPSA) is 56.7 Å². The molecule has 0 bridgehead atoms. The Kier molecular flexibility index (Phi) is 5.63. The third-order valence-electron chi connectivity index (χ3n) is 4.00. The van der Waals surface area contributed by atoms with Crippen LogP contribution in [-0.4, -0.2) is 23.1 Å². The molecular weight excluding hydrogens is 281 g/mol. The molecule has 2 rings (SSSR count). The number of rotatable bonds is 3. The Hall–Kier alpha value is -1.78. The molecule has 1 aliphatic rings. The van der Waals surface area contributed by atoms with Crippen molar-refractivity contribution in [2.24, 2.45) is 10.9 Å². The predicted molar refractivity (Wildman–Crippen MR) is 88.8 cm³/mol. The maximum absolute atomic E-state index is 13.4. The van der Waals surface area contributed by atoms with Gasteiger partial charge in [0.05, 0.1) is 11.7 Å². The minimum Gasteiger partial charge on any atom is -0.506 e. The van der Waals surface area contributed by atoms with Crippen molar-refractivity contribution in [2.45, 2.75) is 58.5 Å². The van der Waals surface area contributed by atoms with E-state index in [9.17, 15) is 9.50 Å². The lowest BCUT2D eigenvalue weighted by Gasteiger charge is -2.27. The molecule has 1 aromatic rings. The zero-order valence-electron chi connectivity index (χ0n) is 13.6. The van der Waals surface area contributed by atoms with E-state index >= 15 is 0 Å². The molecule has 0 heterocycles. The molecule has 0 radical (unpaired) electrons. The minimum atomic E-state index is -0.393. The lowest BCUT2D eigenvalue weighted by Crippen LogP contribution is -2.38. The summed E-state index contributed by atoms with van der Waals surface area (Å²) in [4.78, 5) is 4.78. The van der Waals surface area contributed by atoms with E-state index in [2.05, 4.69) is 17.6 Å². The van der Waals surface area contributed by atoms with E-state index in [0.717, 1.165) is 6.42 Å². The molecule has 0 aliphatic heterocycles. The van der Waals surface area contributed by atoms with Crippen LogP contribution in [0.4, 0.5) is 10.1 Å². The van der Waals surface area contributed by atoms with Crippen LogP contribution in [0, 0.1) is 11.7 Å². The number of benzene rings is 1. The first-order valence-corrected chi connectivity index (χ1v) is 8.05. The number of phenolic OH excluding ortho intramolecular Hbond substituents is 1. The van der Waals surface area contributed by atoms with E-state index in [1.807, 2.05) is 13.8 Å². The van der Waals surface area contributed by atoms with E-state index in [-0.39, 0.29) is 17.8 Å². The molecule has 1 saturated carbocycles. The standard InChI is InChI=1S/C17H26FN3O/c1-11(2)19-17(20-14-7-5-4-6-12(14)3)21-15-10-13(18)8-9-16(15)22/h8-12,14,22H,4-7H2,1-3H3,(H2,19,20,21). The zero-order valence-corrected chi connectivity index (χ0v) is 13.6. The fraction of sp³-hybridized carbons (Fsp3) is 0.588. The Morgan fingerprint density at radius 2 is 2.05 bits per heavy atom. The Morgan fingerprint density at radius 3 is 2.73 bits per heavy atom. The Morgan fingerprint density at radius 1 is 1.32 bits per heavy atom. The number of aromatic hydroxyl groups is 1. The molecule has 0 aromatic heterocycles. The van der Waals surface area contributed by atoms with Crippen molar-refractivity contribution in [1.29, 1.82) is 0 Å². The normalized spacial score (nSPS) is 22.7. The number of halogens is 1. The van der Waals surface area contributed by atoms with Crippen molar-refractivity contribution in [3.8, 4) is 5.75 Å². The summed E-state index contributed by atoms with van der Waals surface area (Å²) in [6.07, 6.45) is 4.71. The zero-order chi connectivity index (χ0) is 16.1. The van der Waals surface area contributed by atoms with Gasteiger partial charge < -0.3 is 15.7 Å².